The molecular weight excluding hydrogens is 292 g/mol. The quantitative estimate of drug-likeness (QED) is 0.796. The number of benzene rings is 1. The van der Waals surface area contributed by atoms with Gasteiger partial charge in [0.25, 0.3) is 5.56 Å². The Morgan fingerprint density at radius 2 is 1.96 bits per heavy atom. The number of nitrogens with zero attached hydrogens (tertiary/aromatic N) is 2. The number of rotatable bonds is 5. The van der Waals surface area contributed by atoms with Crippen LogP contribution in [0.15, 0.2) is 35.1 Å². The maximum Gasteiger partial charge on any atom is 0.331 e. The van der Waals surface area contributed by atoms with Gasteiger partial charge in [0.1, 0.15) is 0 Å². The van der Waals surface area contributed by atoms with Gasteiger partial charge in [0.05, 0.1) is 12.3 Å². The number of esters is 1. The summed E-state index contributed by atoms with van der Waals surface area (Å²) in [6.45, 7) is 7.86. The van der Waals surface area contributed by atoms with Crippen molar-refractivity contribution in [1.29, 1.82) is 0 Å². The fourth-order valence-electron chi connectivity index (χ4n) is 2.48. The highest BCUT2D eigenvalue weighted by Crippen LogP contribution is 2.22. The Bertz CT molecular complexity index is 765. The third-order valence-electron chi connectivity index (χ3n) is 3.73. The molecule has 0 radical (unpaired) electrons. The molecular formula is C18H22N2O3. The zero-order valence-electron chi connectivity index (χ0n) is 14.0. The van der Waals surface area contributed by atoms with E-state index in [-0.39, 0.29) is 12.2 Å². The van der Waals surface area contributed by atoms with E-state index in [4.69, 9.17) is 4.74 Å². The lowest BCUT2D eigenvalue weighted by atomic mass is 10.0. The molecule has 2 aromatic rings. The van der Waals surface area contributed by atoms with Gasteiger partial charge >= 0.3 is 5.97 Å². The third kappa shape index (κ3) is 3.67. The number of aryl methyl sites for hydroxylation is 2. The summed E-state index contributed by atoms with van der Waals surface area (Å²) in [6.07, 6.45) is 0.446. The van der Waals surface area contributed by atoms with Gasteiger partial charge in [-0.25, -0.2) is 9.48 Å². The maximum absolute atomic E-state index is 12.2. The summed E-state index contributed by atoms with van der Waals surface area (Å²) in [5.41, 5.74) is 3.50. The number of hydrogen-bond donors (Lipinski definition) is 0. The summed E-state index contributed by atoms with van der Waals surface area (Å²) in [6, 6.07) is 8.52. The molecule has 0 aliphatic carbocycles. The Balaban J connectivity index is 2.52. The van der Waals surface area contributed by atoms with Crippen LogP contribution < -0.4 is 5.56 Å². The Kier molecular flexibility index (Phi) is 5.32. The average Bonchev–Trinajstić information content (AvgIpc) is 2.52. The number of carbonyl (C=O) groups excluding carboxylic acids is 1. The molecule has 0 saturated heterocycles. The summed E-state index contributed by atoms with van der Waals surface area (Å²) >= 11 is 0. The zero-order chi connectivity index (χ0) is 17.0. The van der Waals surface area contributed by atoms with Crippen molar-refractivity contribution in [1.82, 2.24) is 9.78 Å². The van der Waals surface area contributed by atoms with Crippen LogP contribution in [0.4, 0.5) is 0 Å². The molecule has 0 aliphatic heterocycles. The van der Waals surface area contributed by atoms with E-state index in [1.54, 1.807) is 13.0 Å². The topological polar surface area (TPSA) is 61.2 Å². The highest BCUT2D eigenvalue weighted by atomic mass is 16.5. The van der Waals surface area contributed by atoms with Crippen LogP contribution in [-0.4, -0.2) is 22.4 Å². The van der Waals surface area contributed by atoms with E-state index < -0.39 is 12.0 Å². The van der Waals surface area contributed by atoms with Gasteiger partial charge in [-0.15, -0.1) is 0 Å². The predicted octanol–water partition coefficient (Wildman–Crippen LogP) is 3.04. The third-order valence-corrected chi connectivity index (χ3v) is 3.73. The first kappa shape index (κ1) is 16.9. The Morgan fingerprint density at radius 1 is 1.22 bits per heavy atom. The van der Waals surface area contributed by atoms with E-state index in [1.807, 2.05) is 39.0 Å². The van der Waals surface area contributed by atoms with Gasteiger partial charge in [0.15, 0.2) is 6.04 Å². The van der Waals surface area contributed by atoms with Crippen molar-refractivity contribution >= 4 is 5.97 Å². The molecule has 1 aromatic heterocycles. The minimum absolute atomic E-state index is 0.279. The second-order valence-electron chi connectivity index (χ2n) is 5.50. The summed E-state index contributed by atoms with van der Waals surface area (Å²) in [5.74, 6) is -0.428. The van der Waals surface area contributed by atoms with Crippen LogP contribution >= 0.6 is 0 Å². The number of hydrogen-bond acceptors (Lipinski definition) is 4. The highest BCUT2D eigenvalue weighted by Gasteiger charge is 2.22. The minimum atomic E-state index is -0.701. The van der Waals surface area contributed by atoms with Crippen LogP contribution in [0.2, 0.25) is 0 Å². The second kappa shape index (κ2) is 7.22. The van der Waals surface area contributed by atoms with Crippen molar-refractivity contribution in [3.63, 3.8) is 0 Å². The van der Waals surface area contributed by atoms with Gasteiger partial charge in [-0.3, -0.25) is 4.79 Å². The molecule has 0 amide bonds. The molecule has 0 bridgehead atoms. The smallest absolute Gasteiger partial charge is 0.331 e. The van der Waals surface area contributed by atoms with E-state index in [0.29, 0.717) is 12.1 Å². The van der Waals surface area contributed by atoms with Crippen molar-refractivity contribution in [2.24, 2.45) is 0 Å². The summed E-state index contributed by atoms with van der Waals surface area (Å²) in [5, 5.41) is 4.42. The standard InChI is InChI=1S/C18H22N2O3/c1-5-16(18(22)23-6-2)20-17(21)10-9-15(19-20)14-11-12(3)7-8-13(14)4/h7-11,16H,5-6H2,1-4H3/t16-/m1/s1. The molecule has 2 rings (SSSR count). The van der Waals surface area contributed by atoms with Crippen molar-refractivity contribution in [3.8, 4) is 11.3 Å². The number of aromatic nitrogens is 2. The van der Waals surface area contributed by atoms with Crippen molar-refractivity contribution in [2.45, 2.75) is 40.2 Å². The molecule has 0 N–H and O–H groups in total. The lowest BCUT2D eigenvalue weighted by Crippen LogP contribution is -2.32. The molecule has 23 heavy (non-hydrogen) atoms. The molecule has 0 aliphatic rings. The van der Waals surface area contributed by atoms with Gasteiger partial charge in [-0.05, 0) is 44.9 Å². The van der Waals surface area contributed by atoms with Crippen molar-refractivity contribution in [2.75, 3.05) is 6.61 Å². The van der Waals surface area contributed by atoms with Crippen LogP contribution in [0.5, 0.6) is 0 Å². The molecule has 1 heterocycles. The number of carbonyl (C=O) groups is 1. The molecule has 0 fully saturated rings. The molecule has 5 nitrogen and oxygen atoms in total. The maximum atomic E-state index is 12.2. The van der Waals surface area contributed by atoms with E-state index >= 15 is 0 Å². The predicted molar refractivity (Wildman–Crippen MR) is 89.4 cm³/mol. The average molecular weight is 314 g/mol. The van der Waals surface area contributed by atoms with E-state index in [9.17, 15) is 9.59 Å². The van der Waals surface area contributed by atoms with E-state index in [1.165, 1.54) is 10.7 Å². The molecule has 122 valence electrons. The van der Waals surface area contributed by atoms with Crippen LogP contribution in [0, 0.1) is 13.8 Å². The summed E-state index contributed by atoms with van der Waals surface area (Å²) in [4.78, 5) is 24.2. The van der Waals surface area contributed by atoms with Crippen LogP contribution in [0.1, 0.15) is 37.4 Å². The van der Waals surface area contributed by atoms with E-state index in [0.717, 1.165) is 16.7 Å². The van der Waals surface area contributed by atoms with Crippen LogP contribution in [0.3, 0.4) is 0 Å². The van der Waals surface area contributed by atoms with Crippen molar-refractivity contribution in [3.05, 3.63) is 51.8 Å². The second-order valence-corrected chi connectivity index (χ2v) is 5.50. The van der Waals surface area contributed by atoms with Gasteiger partial charge < -0.3 is 4.74 Å². The van der Waals surface area contributed by atoms with E-state index in [2.05, 4.69) is 5.10 Å². The van der Waals surface area contributed by atoms with Crippen LogP contribution in [0.25, 0.3) is 11.3 Å². The van der Waals surface area contributed by atoms with Gasteiger partial charge in [-0.1, -0.05) is 24.6 Å². The highest BCUT2D eigenvalue weighted by molar-refractivity contribution is 5.74. The molecule has 1 aromatic carbocycles. The molecule has 5 heteroatoms. The monoisotopic (exact) mass is 314 g/mol. The van der Waals surface area contributed by atoms with Crippen molar-refractivity contribution < 1.29 is 9.53 Å². The van der Waals surface area contributed by atoms with Gasteiger partial charge in [-0.2, -0.15) is 5.10 Å². The first-order valence-electron chi connectivity index (χ1n) is 7.82. The Labute approximate surface area is 135 Å². The van der Waals surface area contributed by atoms with Gasteiger partial charge in [0.2, 0.25) is 0 Å². The lowest BCUT2D eigenvalue weighted by molar-refractivity contribution is -0.147. The number of ether oxygens (including phenoxy) is 1. The molecule has 0 spiro atoms. The fraction of sp³-hybridized carbons (Fsp3) is 0.389. The zero-order valence-corrected chi connectivity index (χ0v) is 14.0. The van der Waals surface area contributed by atoms with Crippen LogP contribution in [-0.2, 0) is 9.53 Å². The van der Waals surface area contributed by atoms with Gasteiger partial charge in [0, 0.05) is 11.6 Å². The molecule has 0 saturated carbocycles. The summed E-state index contributed by atoms with van der Waals surface area (Å²) in [7, 11) is 0. The lowest BCUT2D eigenvalue weighted by Gasteiger charge is -2.16. The minimum Gasteiger partial charge on any atom is -0.464 e. The Morgan fingerprint density at radius 3 is 2.61 bits per heavy atom. The SMILES string of the molecule is CCOC(=O)[C@@H](CC)n1nc(-c2cc(C)ccc2C)ccc1=O. The normalized spacial score (nSPS) is 12.0. The summed E-state index contributed by atoms with van der Waals surface area (Å²) < 4.78 is 6.29. The Hall–Kier alpha value is -2.43. The molecule has 1 atom stereocenters. The fourth-order valence-corrected chi connectivity index (χ4v) is 2.48. The first-order valence-corrected chi connectivity index (χ1v) is 7.82. The molecule has 0 unspecified atom stereocenters. The first-order chi connectivity index (χ1) is 11.0. The largest absolute Gasteiger partial charge is 0.464 e.